The molecule has 0 atom stereocenters. The molecule has 0 saturated heterocycles. The molecule has 0 aliphatic carbocycles. The normalized spacial score (nSPS) is 10.1. The van der Waals surface area contributed by atoms with Crippen LogP contribution in [0, 0.1) is 0 Å². The first-order valence-electron chi connectivity index (χ1n) is 9.04. The molecule has 27 heavy (non-hydrogen) atoms. The standard InChI is InChI=1S/C24H20.C2H6.CH4/c1-3-12-19(4-2)21-15-8-10-17-23(21)24-18-11-9-16-22(24)20-13-6-5-7-14-20;1-2;/h3-18H,1-2H2;1-2H3;1H4/b19-12+;;. The summed E-state index contributed by atoms with van der Waals surface area (Å²) in [6.45, 7) is 11.8. The van der Waals surface area contributed by atoms with E-state index in [4.69, 9.17) is 0 Å². The van der Waals surface area contributed by atoms with Crippen molar-refractivity contribution in [1.82, 2.24) is 0 Å². The van der Waals surface area contributed by atoms with Crippen molar-refractivity contribution in [2.75, 3.05) is 0 Å². The third kappa shape index (κ3) is 5.18. The van der Waals surface area contributed by atoms with Crippen LogP contribution in [0.5, 0.6) is 0 Å². The summed E-state index contributed by atoms with van der Waals surface area (Å²) in [5, 5.41) is 0. The third-order valence-electron chi connectivity index (χ3n) is 4.06. The summed E-state index contributed by atoms with van der Waals surface area (Å²) in [4.78, 5) is 0. The molecule has 0 unspecified atom stereocenters. The molecule has 0 radical (unpaired) electrons. The van der Waals surface area contributed by atoms with Crippen LogP contribution in [-0.2, 0) is 0 Å². The summed E-state index contributed by atoms with van der Waals surface area (Å²) < 4.78 is 0. The van der Waals surface area contributed by atoms with Crippen molar-refractivity contribution in [3.05, 3.63) is 116 Å². The largest absolute Gasteiger partial charge is 0.0990 e. The van der Waals surface area contributed by atoms with Crippen LogP contribution in [0.2, 0.25) is 0 Å². The molecule has 138 valence electrons. The highest BCUT2D eigenvalue weighted by molar-refractivity contribution is 5.91. The van der Waals surface area contributed by atoms with E-state index in [1.54, 1.807) is 6.08 Å². The maximum atomic E-state index is 3.96. The van der Waals surface area contributed by atoms with Gasteiger partial charge in [-0.3, -0.25) is 0 Å². The van der Waals surface area contributed by atoms with Gasteiger partial charge in [0.25, 0.3) is 0 Å². The molecule has 0 heterocycles. The summed E-state index contributed by atoms with van der Waals surface area (Å²) in [5.74, 6) is 0. The van der Waals surface area contributed by atoms with Crippen molar-refractivity contribution < 1.29 is 0 Å². The van der Waals surface area contributed by atoms with Gasteiger partial charge in [0.15, 0.2) is 0 Å². The maximum Gasteiger partial charge on any atom is -0.00992 e. The predicted octanol–water partition coefficient (Wildman–Crippen LogP) is 8.44. The van der Waals surface area contributed by atoms with Crippen LogP contribution >= 0.6 is 0 Å². The van der Waals surface area contributed by atoms with Crippen LogP contribution in [0.25, 0.3) is 27.8 Å². The highest BCUT2D eigenvalue weighted by Gasteiger charge is 2.11. The second-order valence-corrected chi connectivity index (χ2v) is 5.52. The van der Waals surface area contributed by atoms with E-state index in [9.17, 15) is 0 Å². The van der Waals surface area contributed by atoms with Gasteiger partial charge in [-0.25, -0.2) is 0 Å². The summed E-state index contributed by atoms with van der Waals surface area (Å²) in [7, 11) is 0. The van der Waals surface area contributed by atoms with Gasteiger partial charge in [-0.15, -0.1) is 0 Å². The van der Waals surface area contributed by atoms with Crippen molar-refractivity contribution in [3.8, 4) is 22.3 Å². The lowest BCUT2D eigenvalue weighted by atomic mass is 9.89. The lowest BCUT2D eigenvalue weighted by Crippen LogP contribution is -1.90. The van der Waals surface area contributed by atoms with Gasteiger partial charge in [-0.05, 0) is 33.4 Å². The Bertz CT molecular complexity index is 883. The number of rotatable bonds is 5. The average Bonchev–Trinajstić information content (AvgIpc) is 2.74. The Hall–Kier alpha value is -3.12. The van der Waals surface area contributed by atoms with Gasteiger partial charge in [-0.1, -0.05) is 132 Å². The van der Waals surface area contributed by atoms with Gasteiger partial charge in [0.2, 0.25) is 0 Å². The van der Waals surface area contributed by atoms with E-state index in [1.807, 2.05) is 32.1 Å². The first-order chi connectivity index (χ1) is 12.8. The molecule has 3 rings (SSSR count). The Kier molecular flexibility index (Phi) is 9.33. The summed E-state index contributed by atoms with van der Waals surface area (Å²) >= 11 is 0. The van der Waals surface area contributed by atoms with E-state index in [1.165, 1.54) is 22.3 Å². The summed E-state index contributed by atoms with van der Waals surface area (Å²) in [5.41, 5.74) is 7.10. The first-order valence-corrected chi connectivity index (χ1v) is 9.04. The Balaban J connectivity index is 0.00000118. The zero-order valence-electron chi connectivity index (χ0n) is 15.7. The van der Waals surface area contributed by atoms with Crippen LogP contribution in [0.4, 0.5) is 0 Å². The molecule has 0 aliphatic heterocycles. The second-order valence-electron chi connectivity index (χ2n) is 5.52. The highest BCUT2D eigenvalue weighted by Crippen LogP contribution is 2.36. The first kappa shape index (κ1) is 21.9. The Morgan fingerprint density at radius 2 is 1.19 bits per heavy atom. The number of hydrogen-bond donors (Lipinski definition) is 0. The fourth-order valence-corrected chi connectivity index (χ4v) is 2.95. The fourth-order valence-electron chi connectivity index (χ4n) is 2.95. The van der Waals surface area contributed by atoms with Crippen LogP contribution in [0.1, 0.15) is 26.8 Å². The molecule has 0 aromatic heterocycles. The summed E-state index contributed by atoms with van der Waals surface area (Å²) in [6.07, 6.45) is 5.68. The molecule has 0 bridgehead atoms. The molecule has 0 spiro atoms. The van der Waals surface area contributed by atoms with E-state index in [2.05, 4.69) is 86.0 Å². The molecule has 0 heteroatoms. The maximum absolute atomic E-state index is 3.96. The molecule has 0 fully saturated rings. The molecule has 3 aromatic carbocycles. The van der Waals surface area contributed by atoms with Gasteiger partial charge >= 0.3 is 0 Å². The lowest BCUT2D eigenvalue weighted by molar-refractivity contribution is 1.50. The van der Waals surface area contributed by atoms with E-state index in [-0.39, 0.29) is 7.43 Å². The van der Waals surface area contributed by atoms with E-state index in [0.29, 0.717) is 0 Å². The molecule has 0 aliphatic rings. The molecule has 0 amide bonds. The molecule has 0 saturated carbocycles. The molecule has 0 N–H and O–H groups in total. The smallest absolute Gasteiger partial charge is 0.00992 e. The number of allylic oxidation sites excluding steroid dienone is 4. The zero-order chi connectivity index (χ0) is 18.8. The van der Waals surface area contributed by atoms with Crippen molar-refractivity contribution in [2.24, 2.45) is 0 Å². The van der Waals surface area contributed by atoms with Gasteiger partial charge in [0.1, 0.15) is 0 Å². The van der Waals surface area contributed by atoms with Crippen molar-refractivity contribution in [3.63, 3.8) is 0 Å². The summed E-state index contributed by atoms with van der Waals surface area (Å²) in [6, 6.07) is 27.4. The minimum Gasteiger partial charge on any atom is -0.0990 e. The van der Waals surface area contributed by atoms with Crippen molar-refractivity contribution in [2.45, 2.75) is 21.3 Å². The minimum atomic E-state index is 0. The monoisotopic (exact) mass is 354 g/mol. The lowest BCUT2D eigenvalue weighted by Gasteiger charge is -2.15. The quantitative estimate of drug-likeness (QED) is 0.403. The number of benzene rings is 3. The molecule has 0 nitrogen and oxygen atoms in total. The molecular formula is C27H30. The van der Waals surface area contributed by atoms with Gasteiger partial charge < -0.3 is 0 Å². The van der Waals surface area contributed by atoms with Crippen LogP contribution in [0.3, 0.4) is 0 Å². The molecule has 3 aromatic rings. The van der Waals surface area contributed by atoms with Gasteiger partial charge in [0, 0.05) is 0 Å². The fraction of sp³-hybridized carbons (Fsp3) is 0.111. The average molecular weight is 355 g/mol. The topological polar surface area (TPSA) is 0 Å². The Morgan fingerprint density at radius 1 is 0.667 bits per heavy atom. The van der Waals surface area contributed by atoms with E-state index >= 15 is 0 Å². The zero-order valence-corrected chi connectivity index (χ0v) is 15.7. The van der Waals surface area contributed by atoms with Crippen molar-refractivity contribution in [1.29, 1.82) is 0 Å². The third-order valence-corrected chi connectivity index (χ3v) is 4.06. The highest BCUT2D eigenvalue weighted by atomic mass is 14.1. The van der Waals surface area contributed by atoms with Gasteiger partial charge in [-0.2, -0.15) is 0 Å². The van der Waals surface area contributed by atoms with Gasteiger partial charge in [0.05, 0.1) is 0 Å². The van der Waals surface area contributed by atoms with E-state index in [0.717, 1.165) is 11.1 Å². The number of hydrogen-bond acceptors (Lipinski definition) is 0. The van der Waals surface area contributed by atoms with Crippen LogP contribution in [-0.4, -0.2) is 0 Å². The second kappa shape index (κ2) is 11.5. The molecular weight excluding hydrogens is 324 g/mol. The SMILES string of the molecule is C.C=C/C=C(\C=C)c1ccccc1-c1ccccc1-c1ccccc1.CC. The Labute approximate surface area is 165 Å². The van der Waals surface area contributed by atoms with Crippen molar-refractivity contribution >= 4 is 5.57 Å². The Morgan fingerprint density at radius 3 is 1.78 bits per heavy atom. The van der Waals surface area contributed by atoms with E-state index < -0.39 is 0 Å². The van der Waals surface area contributed by atoms with Crippen LogP contribution in [0.15, 0.2) is 110 Å². The predicted molar refractivity (Wildman–Crippen MR) is 124 cm³/mol. The van der Waals surface area contributed by atoms with Crippen LogP contribution < -0.4 is 0 Å². The minimum absolute atomic E-state index is 0.